The van der Waals surface area contributed by atoms with Crippen molar-refractivity contribution in [1.29, 1.82) is 0 Å². The molecule has 1 aromatic carbocycles. The predicted octanol–water partition coefficient (Wildman–Crippen LogP) is 2.80. The van der Waals surface area contributed by atoms with E-state index in [0.717, 1.165) is 6.04 Å². The van der Waals surface area contributed by atoms with E-state index in [1.807, 2.05) is 6.08 Å². The van der Waals surface area contributed by atoms with Crippen molar-refractivity contribution in [2.75, 3.05) is 13.7 Å². The van der Waals surface area contributed by atoms with Gasteiger partial charge in [-0.15, -0.1) is 0 Å². The standard InChI is InChI=1S/C17H23NO/c1-18-14-9-10-17(18)15(8-5-11-19)16(12-14)13-6-3-2-4-7-13/h2-8,14-17,19H,9-12H2,1H3/b8-5+. The molecule has 4 atom stereocenters. The molecule has 1 aromatic rings. The summed E-state index contributed by atoms with van der Waals surface area (Å²) < 4.78 is 0. The van der Waals surface area contributed by atoms with E-state index in [2.05, 4.69) is 48.4 Å². The fourth-order valence-electron chi connectivity index (χ4n) is 4.05. The molecule has 0 radical (unpaired) electrons. The lowest BCUT2D eigenvalue weighted by atomic mass is 9.76. The van der Waals surface area contributed by atoms with Crippen LogP contribution in [-0.2, 0) is 0 Å². The molecule has 1 N–H and O–H groups in total. The number of benzene rings is 1. The Morgan fingerprint density at radius 3 is 2.79 bits per heavy atom. The van der Waals surface area contributed by atoms with Crippen LogP contribution in [0.15, 0.2) is 42.5 Å². The van der Waals surface area contributed by atoms with E-state index >= 15 is 0 Å². The van der Waals surface area contributed by atoms with Gasteiger partial charge in [-0.05, 0) is 43.7 Å². The minimum Gasteiger partial charge on any atom is -0.392 e. The van der Waals surface area contributed by atoms with E-state index in [4.69, 9.17) is 5.11 Å². The van der Waals surface area contributed by atoms with Gasteiger partial charge in [0.05, 0.1) is 6.61 Å². The zero-order valence-electron chi connectivity index (χ0n) is 11.6. The van der Waals surface area contributed by atoms with Crippen LogP contribution >= 0.6 is 0 Å². The Morgan fingerprint density at radius 2 is 2.05 bits per heavy atom. The van der Waals surface area contributed by atoms with Crippen LogP contribution in [0.25, 0.3) is 0 Å². The molecule has 2 heterocycles. The average Bonchev–Trinajstić information content (AvgIpc) is 2.70. The second-order valence-corrected chi connectivity index (χ2v) is 5.90. The number of piperidine rings is 1. The molecule has 2 nitrogen and oxygen atoms in total. The minimum absolute atomic E-state index is 0.151. The van der Waals surface area contributed by atoms with Crippen molar-refractivity contribution in [1.82, 2.24) is 4.90 Å². The Morgan fingerprint density at radius 1 is 1.26 bits per heavy atom. The highest BCUT2D eigenvalue weighted by Crippen LogP contribution is 2.46. The molecule has 0 saturated carbocycles. The van der Waals surface area contributed by atoms with E-state index in [1.165, 1.54) is 24.8 Å². The Kier molecular flexibility index (Phi) is 3.72. The number of fused-ring (bicyclic) bond motifs is 2. The lowest BCUT2D eigenvalue weighted by Crippen LogP contribution is -2.45. The highest BCUT2D eigenvalue weighted by atomic mass is 16.2. The van der Waals surface area contributed by atoms with Crippen LogP contribution in [0, 0.1) is 5.92 Å². The maximum absolute atomic E-state index is 9.09. The zero-order valence-corrected chi connectivity index (χ0v) is 11.6. The number of hydrogen-bond acceptors (Lipinski definition) is 2. The average molecular weight is 257 g/mol. The third kappa shape index (κ3) is 2.35. The van der Waals surface area contributed by atoms with E-state index in [9.17, 15) is 0 Å². The summed E-state index contributed by atoms with van der Waals surface area (Å²) in [5, 5.41) is 9.09. The van der Waals surface area contributed by atoms with E-state index < -0.39 is 0 Å². The van der Waals surface area contributed by atoms with Crippen LogP contribution in [0.4, 0.5) is 0 Å². The van der Waals surface area contributed by atoms with E-state index in [0.29, 0.717) is 17.9 Å². The van der Waals surface area contributed by atoms with Crippen LogP contribution in [-0.4, -0.2) is 35.7 Å². The van der Waals surface area contributed by atoms with Gasteiger partial charge in [0.15, 0.2) is 0 Å². The van der Waals surface area contributed by atoms with Gasteiger partial charge in [-0.25, -0.2) is 0 Å². The molecule has 2 aliphatic heterocycles. The second kappa shape index (κ2) is 5.48. The van der Waals surface area contributed by atoms with Crippen molar-refractivity contribution in [2.45, 2.75) is 37.3 Å². The van der Waals surface area contributed by atoms with Crippen LogP contribution in [0.2, 0.25) is 0 Å². The van der Waals surface area contributed by atoms with Gasteiger partial charge in [-0.3, -0.25) is 4.90 Å². The first-order valence-electron chi connectivity index (χ1n) is 7.35. The molecular formula is C17H23NO. The molecule has 2 heteroatoms. The van der Waals surface area contributed by atoms with Crippen molar-refractivity contribution in [3.63, 3.8) is 0 Å². The van der Waals surface area contributed by atoms with Gasteiger partial charge in [0.2, 0.25) is 0 Å². The Bertz CT molecular complexity index is 442. The normalized spacial score (nSPS) is 35.1. The van der Waals surface area contributed by atoms with Crippen molar-refractivity contribution < 1.29 is 5.11 Å². The minimum atomic E-state index is 0.151. The molecule has 3 rings (SSSR count). The summed E-state index contributed by atoms with van der Waals surface area (Å²) in [5.41, 5.74) is 1.46. The quantitative estimate of drug-likeness (QED) is 0.842. The first kappa shape index (κ1) is 12.9. The highest BCUT2D eigenvalue weighted by Gasteiger charge is 2.44. The van der Waals surface area contributed by atoms with Crippen LogP contribution < -0.4 is 0 Å². The summed E-state index contributed by atoms with van der Waals surface area (Å²) in [6.07, 6.45) is 8.05. The van der Waals surface area contributed by atoms with Crippen molar-refractivity contribution >= 4 is 0 Å². The summed E-state index contributed by atoms with van der Waals surface area (Å²) in [7, 11) is 2.27. The Hall–Kier alpha value is -1.12. The zero-order chi connectivity index (χ0) is 13.2. The maximum Gasteiger partial charge on any atom is 0.0612 e. The molecule has 4 unspecified atom stereocenters. The summed E-state index contributed by atoms with van der Waals surface area (Å²) in [5.74, 6) is 1.15. The molecule has 102 valence electrons. The van der Waals surface area contributed by atoms with Gasteiger partial charge in [0, 0.05) is 12.1 Å². The van der Waals surface area contributed by atoms with E-state index in [-0.39, 0.29) is 6.61 Å². The largest absolute Gasteiger partial charge is 0.392 e. The van der Waals surface area contributed by atoms with Gasteiger partial charge in [-0.2, -0.15) is 0 Å². The molecule has 0 spiro atoms. The molecular weight excluding hydrogens is 234 g/mol. The monoisotopic (exact) mass is 257 g/mol. The van der Waals surface area contributed by atoms with Gasteiger partial charge in [0.1, 0.15) is 0 Å². The lowest BCUT2D eigenvalue weighted by Gasteiger charge is -2.42. The molecule has 0 aliphatic carbocycles. The molecule has 2 saturated heterocycles. The lowest BCUT2D eigenvalue weighted by molar-refractivity contribution is 0.123. The molecule has 2 bridgehead atoms. The molecule has 19 heavy (non-hydrogen) atoms. The van der Waals surface area contributed by atoms with Gasteiger partial charge in [-0.1, -0.05) is 42.5 Å². The molecule has 2 aliphatic rings. The molecule has 0 aromatic heterocycles. The van der Waals surface area contributed by atoms with Crippen molar-refractivity contribution in [3.05, 3.63) is 48.0 Å². The maximum atomic E-state index is 9.09. The third-order valence-electron chi connectivity index (χ3n) is 5.02. The second-order valence-electron chi connectivity index (χ2n) is 5.90. The number of nitrogens with zero attached hydrogens (tertiary/aromatic N) is 1. The van der Waals surface area contributed by atoms with Crippen LogP contribution in [0.3, 0.4) is 0 Å². The molecule has 0 amide bonds. The summed E-state index contributed by atoms with van der Waals surface area (Å²) in [6, 6.07) is 12.3. The summed E-state index contributed by atoms with van der Waals surface area (Å²) >= 11 is 0. The van der Waals surface area contributed by atoms with E-state index in [1.54, 1.807) is 0 Å². The van der Waals surface area contributed by atoms with Gasteiger partial charge >= 0.3 is 0 Å². The summed E-state index contributed by atoms with van der Waals surface area (Å²) in [6.45, 7) is 0.151. The van der Waals surface area contributed by atoms with Gasteiger partial charge in [0.25, 0.3) is 0 Å². The smallest absolute Gasteiger partial charge is 0.0612 e. The van der Waals surface area contributed by atoms with Crippen molar-refractivity contribution in [3.8, 4) is 0 Å². The number of hydrogen-bond donors (Lipinski definition) is 1. The molecule has 2 fully saturated rings. The fraction of sp³-hybridized carbons (Fsp3) is 0.529. The van der Waals surface area contributed by atoms with Gasteiger partial charge < -0.3 is 5.11 Å². The Balaban J connectivity index is 1.91. The first-order valence-corrected chi connectivity index (χ1v) is 7.35. The van der Waals surface area contributed by atoms with Crippen LogP contribution in [0.5, 0.6) is 0 Å². The Labute approximate surface area is 115 Å². The van der Waals surface area contributed by atoms with Crippen molar-refractivity contribution in [2.24, 2.45) is 5.92 Å². The number of aliphatic hydroxyl groups excluding tert-OH is 1. The third-order valence-corrected chi connectivity index (χ3v) is 5.02. The fourth-order valence-corrected chi connectivity index (χ4v) is 4.05. The highest BCUT2D eigenvalue weighted by molar-refractivity contribution is 5.25. The first-order chi connectivity index (χ1) is 9.31. The topological polar surface area (TPSA) is 23.5 Å². The number of aliphatic hydroxyl groups is 1. The summed E-state index contributed by atoms with van der Waals surface area (Å²) in [4.78, 5) is 2.56. The SMILES string of the molecule is CN1C2CCC1C(/C=C/CO)C(c1ccccc1)C2. The predicted molar refractivity (Wildman–Crippen MR) is 78.1 cm³/mol. The number of rotatable bonds is 3. The van der Waals surface area contributed by atoms with Crippen LogP contribution in [0.1, 0.15) is 30.7 Å².